The molecule has 136 valence electrons. The Hall–Kier alpha value is -1.89. The predicted octanol–water partition coefficient (Wildman–Crippen LogP) is 4.13. The third-order valence-electron chi connectivity index (χ3n) is 4.70. The van der Waals surface area contributed by atoms with Gasteiger partial charge in [-0.3, -0.25) is 0 Å². The highest BCUT2D eigenvalue weighted by atomic mass is 35.5. The molecule has 0 saturated carbocycles. The minimum absolute atomic E-state index is 0.312. The SMILES string of the molecule is COc1ccc(-c2c(C)sc3nc(Cl)nc(N4CCCNCC4)c23)cc1. The van der Waals surface area contributed by atoms with Gasteiger partial charge in [-0.15, -0.1) is 11.3 Å². The number of nitrogens with one attached hydrogen (secondary N) is 1. The molecule has 0 aliphatic carbocycles. The standard InChI is InChI=1S/C19H21ClN4OS/c1-12-15(13-4-6-14(25-2)7-5-13)16-17(22-19(20)23-18(16)26-12)24-10-3-8-21-9-11-24/h4-7,21H,3,8-11H2,1-2H3. The number of hydrogen-bond donors (Lipinski definition) is 1. The molecule has 1 aliphatic rings. The lowest BCUT2D eigenvalue weighted by molar-refractivity contribution is 0.415. The number of thiophene rings is 1. The molecule has 7 heteroatoms. The minimum Gasteiger partial charge on any atom is -0.497 e. The van der Waals surface area contributed by atoms with Crippen LogP contribution < -0.4 is 15.0 Å². The van der Waals surface area contributed by atoms with E-state index in [1.165, 1.54) is 10.4 Å². The Kier molecular flexibility index (Phi) is 4.98. The van der Waals surface area contributed by atoms with Crippen molar-refractivity contribution in [2.75, 3.05) is 38.2 Å². The Morgan fingerprint density at radius 1 is 1.15 bits per heavy atom. The van der Waals surface area contributed by atoms with Gasteiger partial charge in [0.2, 0.25) is 5.28 Å². The molecular formula is C19H21ClN4OS. The predicted molar refractivity (Wildman–Crippen MR) is 109 cm³/mol. The molecule has 2 aromatic heterocycles. The van der Waals surface area contributed by atoms with E-state index in [1.54, 1.807) is 18.4 Å². The highest BCUT2D eigenvalue weighted by Gasteiger charge is 2.22. The van der Waals surface area contributed by atoms with Gasteiger partial charge in [0, 0.05) is 30.1 Å². The van der Waals surface area contributed by atoms with Crippen molar-refractivity contribution >= 4 is 39.0 Å². The summed E-state index contributed by atoms with van der Waals surface area (Å²) in [6, 6.07) is 8.17. The number of fused-ring (bicyclic) bond motifs is 1. The molecule has 1 aliphatic heterocycles. The summed E-state index contributed by atoms with van der Waals surface area (Å²) in [5, 5.41) is 4.86. The Morgan fingerprint density at radius 3 is 2.73 bits per heavy atom. The van der Waals surface area contributed by atoms with Crippen molar-refractivity contribution in [3.05, 3.63) is 34.4 Å². The lowest BCUT2D eigenvalue weighted by Crippen LogP contribution is -2.28. The van der Waals surface area contributed by atoms with Crippen molar-refractivity contribution in [3.8, 4) is 16.9 Å². The maximum atomic E-state index is 6.26. The lowest BCUT2D eigenvalue weighted by atomic mass is 10.0. The largest absolute Gasteiger partial charge is 0.497 e. The molecule has 0 radical (unpaired) electrons. The summed E-state index contributed by atoms with van der Waals surface area (Å²) in [5.41, 5.74) is 2.34. The first kappa shape index (κ1) is 17.5. The highest BCUT2D eigenvalue weighted by Crippen LogP contribution is 2.42. The average Bonchev–Trinajstić information content (AvgIpc) is 2.82. The molecule has 0 amide bonds. The van der Waals surface area contributed by atoms with Gasteiger partial charge in [-0.2, -0.15) is 4.98 Å². The molecule has 1 N–H and O–H groups in total. The van der Waals surface area contributed by atoms with Gasteiger partial charge < -0.3 is 15.0 Å². The monoisotopic (exact) mass is 388 g/mol. The van der Waals surface area contributed by atoms with Crippen molar-refractivity contribution < 1.29 is 4.74 Å². The molecule has 1 fully saturated rings. The maximum Gasteiger partial charge on any atom is 0.225 e. The molecule has 0 bridgehead atoms. The van der Waals surface area contributed by atoms with Gasteiger partial charge in [0.15, 0.2) is 0 Å². The zero-order valence-electron chi connectivity index (χ0n) is 14.9. The minimum atomic E-state index is 0.312. The van der Waals surface area contributed by atoms with Gasteiger partial charge >= 0.3 is 0 Å². The van der Waals surface area contributed by atoms with Crippen LogP contribution in [0.25, 0.3) is 21.3 Å². The number of nitrogens with zero attached hydrogens (tertiary/aromatic N) is 3. The summed E-state index contributed by atoms with van der Waals surface area (Å²) >= 11 is 7.93. The van der Waals surface area contributed by atoms with Crippen LogP contribution in [-0.4, -0.2) is 43.3 Å². The van der Waals surface area contributed by atoms with Gasteiger partial charge in [-0.25, -0.2) is 4.98 Å². The molecule has 1 aromatic carbocycles. The van der Waals surface area contributed by atoms with E-state index in [4.69, 9.17) is 16.3 Å². The van der Waals surface area contributed by atoms with Crippen LogP contribution in [0, 0.1) is 6.92 Å². The number of methoxy groups -OCH3 is 1. The Bertz CT molecular complexity index is 917. The first-order valence-corrected chi connectivity index (χ1v) is 9.93. The second kappa shape index (κ2) is 7.39. The van der Waals surface area contributed by atoms with Crippen LogP contribution >= 0.6 is 22.9 Å². The number of hydrogen-bond acceptors (Lipinski definition) is 6. The molecule has 5 nitrogen and oxygen atoms in total. The van der Waals surface area contributed by atoms with Gasteiger partial charge in [0.1, 0.15) is 16.4 Å². The Morgan fingerprint density at radius 2 is 1.96 bits per heavy atom. The van der Waals surface area contributed by atoms with Gasteiger partial charge in [0.05, 0.1) is 12.5 Å². The van der Waals surface area contributed by atoms with Crippen molar-refractivity contribution in [3.63, 3.8) is 0 Å². The van der Waals surface area contributed by atoms with Crippen LogP contribution in [-0.2, 0) is 0 Å². The molecule has 3 heterocycles. The van der Waals surface area contributed by atoms with Crippen LogP contribution in [0.3, 0.4) is 0 Å². The van der Waals surface area contributed by atoms with Crippen LogP contribution in [0.1, 0.15) is 11.3 Å². The molecule has 0 spiro atoms. The lowest BCUT2D eigenvalue weighted by Gasteiger charge is -2.22. The van der Waals surface area contributed by atoms with Gasteiger partial charge in [-0.05, 0) is 49.2 Å². The third kappa shape index (κ3) is 3.24. The highest BCUT2D eigenvalue weighted by molar-refractivity contribution is 7.19. The Labute approximate surface area is 162 Å². The molecule has 3 aromatic rings. The number of anilines is 1. The summed E-state index contributed by atoms with van der Waals surface area (Å²) in [6.07, 6.45) is 1.09. The van der Waals surface area contributed by atoms with Crippen LogP contribution in [0.2, 0.25) is 5.28 Å². The smallest absolute Gasteiger partial charge is 0.225 e. The molecule has 4 rings (SSSR count). The van der Waals surface area contributed by atoms with E-state index in [0.717, 1.165) is 59.9 Å². The third-order valence-corrected chi connectivity index (χ3v) is 5.87. The number of aromatic nitrogens is 2. The molecular weight excluding hydrogens is 368 g/mol. The topological polar surface area (TPSA) is 50.3 Å². The normalized spacial score (nSPS) is 15.3. The van der Waals surface area contributed by atoms with Crippen molar-refractivity contribution in [2.45, 2.75) is 13.3 Å². The fraction of sp³-hybridized carbons (Fsp3) is 0.368. The molecule has 26 heavy (non-hydrogen) atoms. The zero-order valence-corrected chi connectivity index (χ0v) is 16.5. The summed E-state index contributed by atoms with van der Waals surface area (Å²) in [6.45, 7) is 6.00. The number of benzene rings is 1. The van der Waals surface area contributed by atoms with E-state index in [9.17, 15) is 0 Å². The number of halogens is 1. The van der Waals surface area contributed by atoms with Crippen LogP contribution in [0.4, 0.5) is 5.82 Å². The van der Waals surface area contributed by atoms with E-state index in [1.807, 2.05) is 12.1 Å². The van der Waals surface area contributed by atoms with E-state index in [0.29, 0.717) is 5.28 Å². The summed E-state index contributed by atoms with van der Waals surface area (Å²) in [4.78, 5) is 13.6. The van der Waals surface area contributed by atoms with Crippen LogP contribution in [0.5, 0.6) is 5.75 Å². The number of aryl methyl sites for hydroxylation is 1. The fourth-order valence-corrected chi connectivity index (χ4v) is 4.71. The van der Waals surface area contributed by atoms with Gasteiger partial charge in [-0.1, -0.05) is 12.1 Å². The average molecular weight is 389 g/mol. The summed E-state index contributed by atoms with van der Waals surface area (Å²) in [7, 11) is 1.68. The van der Waals surface area contributed by atoms with Gasteiger partial charge in [0.25, 0.3) is 0 Å². The van der Waals surface area contributed by atoms with Crippen LogP contribution in [0.15, 0.2) is 24.3 Å². The molecule has 0 atom stereocenters. The van der Waals surface area contributed by atoms with E-state index in [2.05, 4.69) is 39.2 Å². The second-order valence-electron chi connectivity index (χ2n) is 6.35. The maximum absolute atomic E-state index is 6.26. The van der Waals surface area contributed by atoms with E-state index < -0.39 is 0 Å². The first-order valence-electron chi connectivity index (χ1n) is 8.74. The van der Waals surface area contributed by atoms with Crippen molar-refractivity contribution in [1.82, 2.24) is 15.3 Å². The van der Waals surface area contributed by atoms with Crippen molar-refractivity contribution in [1.29, 1.82) is 0 Å². The molecule has 1 saturated heterocycles. The summed E-state index contributed by atoms with van der Waals surface area (Å²) < 4.78 is 5.30. The number of rotatable bonds is 3. The van der Waals surface area contributed by atoms with E-state index >= 15 is 0 Å². The van der Waals surface area contributed by atoms with Crippen molar-refractivity contribution in [2.24, 2.45) is 0 Å². The quantitative estimate of drug-likeness (QED) is 0.684. The zero-order chi connectivity index (χ0) is 18.1. The molecule has 0 unspecified atom stereocenters. The Balaban J connectivity index is 1.90. The summed E-state index contributed by atoms with van der Waals surface area (Å²) in [5.74, 6) is 1.79. The van der Waals surface area contributed by atoms with E-state index in [-0.39, 0.29) is 0 Å². The fourth-order valence-electron chi connectivity index (χ4n) is 3.46. The second-order valence-corrected chi connectivity index (χ2v) is 7.89. The first-order chi connectivity index (χ1) is 12.7. The number of ether oxygens (including phenoxy) is 1.